The molecule has 2 N–H and O–H groups in total. The van der Waals surface area contributed by atoms with E-state index in [1.165, 1.54) is 23.5 Å². The second-order valence-corrected chi connectivity index (χ2v) is 5.63. The number of carboxylic acid groups (broad SMARTS) is 1. The first-order valence-corrected chi connectivity index (χ1v) is 6.60. The van der Waals surface area contributed by atoms with Gasteiger partial charge in [-0.1, -0.05) is 0 Å². The smallest absolute Gasteiger partial charge is 0.338 e. The van der Waals surface area contributed by atoms with E-state index < -0.39 is 17.7 Å². The molecule has 1 aromatic carbocycles. The molecular formula is C14H12FNO3S. The number of carbonyl (C=O) groups is 2. The van der Waals surface area contributed by atoms with Crippen molar-refractivity contribution in [2.24, 2.45) is 0 Å². The van der Waals surface area contributed by atoms with Gasteiger partial charge in [-0.2, -0.15) is 0 Å². The van der Waals surface area contributed by atoms with Gasteiger partial charge in [0.05, 0.1) is 5.56 Å². The van der Waals surface area contributed by atoms with E-state index in [0.29, 0.717) is 5.56 Å². The van der Waals surface area contributed by atoms with Crippen LogP contribution in [0.3, 0.4) is 0 Å². The molecule has 0 fully saturated rings. The largest absolute Gasteiger partial charge is 0.478 e. The Morgan fingerprint density at radius 2 is 1.90 bits per heavy atom. The highest BCUT2D eigenvalue weighted by Gasteiger charge is 2.17. The number of halogens is 1. The highest BCUT2D eigenvalue weighted by Crippen LogP contribution is 2.28. The van der Waals surface area contributed by atoms with E-state index in [1.807, 2.05) is 0 Å². The highest BCUT2D eigenvalue weighted by molar-refractivity contribution is 7.16. The van der Waals surface area contributed by atoms with Crippen LogP contribution in [0.25, 0.3) is 0 Å². The van der Waals surface area contributed by atoms with Crippen LogP contribution >= 0.6 is 11.3 Å². The average molecular weight is 293 g/mol. The molecule has 0 radical (unpaired) electrons. The molecule has 104 valence electrons. The number of aryl methyl sites for hydroxylation is 2. The van der Waals surface area contributed by atoms with Crippen LogP contribution in [0.15, 0.2) is 24.3 Å². The number of rotatable bonds is 3. The van der Waals surface area contributed by atoms with Crippen LogP contribution in [-0.4, -0.2) is 17.0 Å². The molecule has 2 rings (SSSR count). The first-order valence-electron chi connectivity index (χ1n) is 5.79. The van der Waals surface area contributed by atoms with Gasteiger partial charge in [0.15, 0.2) is 0 Å². The van der Waals surface area contributed by atoms with Gasteiger partial charge < -0.3 is 10.4 Å². The maximum Gasteiger partial charge on any atom is 0.338 e. The molecule has 0 aliphatic carbocycles. The van der Waals surface area contributed by atoms with Crippen LogP contribution in [0, 0.1) is 19.7 Å². The number of thiophene rings is 1. The van der Waals surface area contributed by atoms with E-state index in [4.69, 9.17) is 5.11 Å². The zero-order valence-electron chi connectivity index (χ0n) is 10.9. The Kier molecular flexibility index (Phi) is 3.85. The van der Waals surface area contributed by atoms with Crippen LogP contribution < -0.4 is 5.32 Å². The first-order chi connectivity index (χ1) is 9.36. The summed E-state index contributed by atoms with van der Waals surface area (Å²) in [4.78, 5) is 23.9. The lowest BCUT2D eigenvalue weighted by Crippen LogP contribution is -2.13. The standard InChI is InChI=1S/C14H12FNO3S/c1-7-3-9(6-10(15)4-7)12(17)16-13-11(14(18)19)5-8(2)20-13/h3-6H,1-2H3,(H,16,17)(H,18,19). The summed E-state index contributed by atoms with van der Waals surface area (Å²) >= 11 is 1.17. The Hall–Kier alpha value is -2.21. The van der Waals surface area contributed by atoms with Crippen molar-refractivity contribution in [2.75, 3.05) is 5.32 Å². The first kappa shape index (κ1) is 14.2. The predicted molar refractivity (Wildman–Crippen MR) is 75.1 cm³/mol. The van der Waals surface area contributed by atoms with Crippen LogP contribution in [0.1, 0.15) is 31.2 Å². The summed E-state index contributed by atoms with van der Waals surface area (Å²) in [5, 5.41) is 11.8. The Labute approximate surface area is 118 Å². The summed E-state index contributed by atoms with van der Waals surface area (Å²) in [5.74, 6) is -2.15. The van der Waals surface area contributed by atoms with E-state index in [1.54, 1.807) is 19.9 Å². The predicted octanol–water partition coefficient (Wildman–Crippen LogP) is 3.45. The summed E-state index contributed by atoms with van der Waals surface area (Å²) in [6.07, 6.45) is 0. The van der Waals surface area contributed by atoms with Crippen molar-refractivity contribution in [1.29, 1.82) is 0 Å². The van der Waals surface area contributed by atoms with Crippen molar-refractivity contribution in [3.8, 4) is 0 Å². The van der Waals surface area contributed by atoms with Gasteiger partial charge in [0.25, 0.3) is 5.91 Å². The molecule has 4 nitrogen and oxygen atoms in total. The number of anilines is 1. The molecule has 0 unspecified atom stereocenters. The fraction of sp³-hybridized carbons (Fsp3) is 0.143. The van der Waals surface area contributed by atoms with E-state index in [2.05, 4.69) is 5.32 Å². The topological polar surface area (TPSA) is 66.4 Å². The third-order valence-electron chi connectivity index (χ3n) is 2.62. The van der Waals surface area contributed by atoms with Crippen LogP contribution in [0.2, 0.25) is 0 Å². The van der Waals surface area contributed by atoms with Crippen molar-refractivity contribution in [1.82, 2.24) is 0 Å². The summed E-state index contributed by atoms with van der Waals surface area (Å²) in [7, 11) is 0. The van der Waals surface area contributed by atoms with Gasteiger partial charge in [-0.15, -0.1) is 11.3 Å². The third-order valence-corrected chi connectivity index (χ3v) is 3.58. The van der Waals surface area contributed by atoms with Gasteiger partial charge in [0, 0.05) is 10.4 Å². The van der Waals surface area contributed by atoms with Crippen LogP contribution in [0.5, 0.6) is 0 Å². The summed E-state index contributed by atoms with van der Waals surface area (Å²) in [6.45, 7) is 3.43. The van der Waals surface area contributed by atoms with Gasteiger partial charge in [0.1, 0.15) is 10.8 Å². The van der Waals surface area contributed by atoms with Gasteiger partial charge in [-0.3, -0.25) is 4.79 Å². The molecule has 1 aromatic heterocycles. The van der Waals surface area contributed by atoms with E-state index in [-0.39, 0.29) is 16.1 Å². The monoisotopic (exact) mass is 293 g/mol. The highest BCUT2D eigenvalue weighted by atomic mass is 32.1. The zero-order valence-corrected chi connectivity index (χ0v) is 11.7. The Morgan fingerprint density at radius 1 is 1.20 bits per heavy atom. The minimum absolute atomic E-state index is 0.0361. The molecule has 6 heteroatoms. The molecule has 0 atom stereocenters. The minimum Gasteiger partial charge on any atom is -0.478 e. The lowest BCUT2D eigenvalue weighted by Gasteiger charge is -2.05. The number of hydrogen-bond acceptors (Lipinski definition) is 3. The van der Waals surface area contributed by atoms with Crippen LogP contribution in [0.4, 0.5) is 9.39 Å². The van der Waals surface area contributed by atoms with Crippen molar-refractivity contribution < 1.29 is 19.1 Å². The lowest BCUT2D eigenvalue weighted by atomic mass is 10.1. The van der Waals surface area contributed by atoms with E-state index in [9.17, 15) is 14.0 Å². The number of carbonyl (C=O) groups excluding carboxylic acids is 1. The fourth-order valence-electron chi connectivity index (χ4n) is 1.81. The van der Waals surface area contributed by atoms with E-state index >= 15 is 0 Å². The molecule has 0 spiro atoms. The van der Waals surface area contributed by atoms with Crippen LogP contribution in [-0.2, 0) is 0 Å². The maximum atomic E-state index is 13.3. The van der Waals surface area contributed by atoms with Gasteiger partial charge in [0.2, 0.25) is 0 Å². The van der Waals surface area contributed by atoms with Crippen molar-refractivity contribution in [3.05, 3.63) is 51.7 Å². The summed E-state index contributed by atoms with van der Waals surface area (Å²) in [6, 6.07) is 5.46. The maximum absolute atomic E-state index is 13.3. The number of benzene rings is 1. The number of aromatic carboxylic acids is 1. The molecule has 0 aliphatic heterocycles. The Morgan fingerprint density at radius 3 is 2.50 bits per heavy atom. The third kappa shape index (κ3) is 3.03. The second kappa shape index (κ2) is 5.42. The summed E-state index contributed by atoms with van der Waals surface area (Å²) < 4.78 is 13.3. The summed E-state index contributed by atoms with van der Waals surface area (Å²) in [5.41, 5.74) is 0.815. The molecule has 1 amide bonds. The SMILES string of the molecule is Cc1cc(F)cc(C(=O)Nc2sc(C)cc2C(=O)O)c1. The Bertz CT molecular complexity index is 673. The lowest BCUT2D eigenvalue weighted by molar-refractivity contribution is 0.0698. The molecule has 20 heavy (non-hydrogen) atoms. The molecule has 0 saturated carbocycles. The number of hydrogen-bond donors (Lipinski definition) is 2. The number of carboxylic acids is 1. The normalized spacial score (nSPS) is 10.3. The van der Waals surface area contributed by atoms with Crippen molar-refractivity contribution in [2.45, 2.75) is 13.8 Å². The molecular weight excluding hydrogens is 281 g/mol. The number of nitrogens with one attached hydrogen (secondary N) is 1. The van der Waals surface area contributed by atoms with Gasteiger partial charge >= 0.3 is 5.97 Å². The number of amides is 1. The van der Waals surface area contributed by atoms with Crippen molar-refractivity contribution >= 4 is 28.2 Å². The Balaban J connectivity index is 2.30. The molecule has 0 aliphatic rings. The van der Waals surface area contributed by atoms with Gasteiger partial charge in [-0.05, 0) is 43.7 Å². The quantitative estimate of drug-likeness (QED) is 0.910. The van der Waals surface area contributed by atoms with Gasteiger partial charge in [-0.25, -0.2) is 9.18 Å². The molecule has 0 saturated heterocycles. The second-order valence-electron chi connectivity index (χ2n) is 4.38. The molecule has 1 heterocycles. The zero-order chi connectivity index (χ0) is 14.9. The van der Waals surface area contributed by atoms with E-state index in [0.717, 1.165) is 10.9 Å². The van der Waals surface area contributed by atoms with Crippen molar-refractivity contribution in [3.63, 3.8) is 0 Å². The molecule has 0 bridgehead atoms. The minimum atomic E-state index is -1.11. The molecule has 2 aromatic rings. The fourth-order valence-corrected chi connectivity index (χ4v) is 2.71. The average Bonchev–Trinajstić information content (AvgIpc) is 2.69.